The predicted octanol–water partition coefficient (Wildman–Crippen LogP) is 4.47. The van der Waals surface area contributed by atoms with E-state index in [9.17, 15) is 33.6 Å². The monoisotopic (exact) mass is 728 g/mol. The van der Waals surface area contributed by atoms with Crippen LogP contribution in [-0.2, 0) is 67.3 Å². The summed E-state index contributed by atoms with van der Waals surface area (Å²) in [5.74, 6) is -3.97. The van der Waals surface area contributed by atoms with Gasteiger partial charge in [-0.1, -0.05) is 23.8 Å². The van der Waals surface area contributed by atoms with E-state index < -0.39 is 48.1 Å². The Labute approximate surface area is 298 Å². The van der Waals surface area contributed by atoms with Crippen LogP contribution in [0.3, 0.4) is 0 Å². The van der Waals surface area contributed by atoms with Gasteiger partial charge in [0.1, 0.15) is 43.5 Å². The molecular formula is C36H40O16. The number of aliphatic carboxylic acids is 1. The Morgan fingerprint density at radius 3 is 2.08 bits per heavy atom. The molecule has 0 atom stereocenters. The maximum atomic E-state index is 12.9. The molecule has 1 aliphatic rings. The van der Waals surface area contributed by atoms with Crippen molar-refractivity contribution < 1.29 is 76.6 Å². The fourth-order valence-electron chi connectivity index (χ4n) is 4.88. The lowest BCUT2D eigenvalue weighted by Gasteiger charge is -2.18. The van der Waals surface area contributed by atoms with Crippen LogP contribution in [0.1, 0.15) is 79.1 Å². The summed E-state index contributed by atoms with van der Waals surface area (Å²) >= 11 is 0. The summed E-state index contributed by atoms with van der Waals surface area (Å²) in [5, 5.41) is 9.01. The molecule has 280 valence electrons. The normalized spacial score (nSPS) is 12.0. The summed E-state index contributed by atoms with van der Waals surface area (Å²) in [6.45, 7) is 4.89. The van der Waals surface area contributed by atoms with Gasteiger partial charge in [0, 0.05) is 31.4 Å². The van der Waals surface area contributed by atoms with Gasteiger partial charge in [0.15, 0.2) is 11.9 Å². The van der Waals surface area contributed by atoms with Gasteiger partial charge in [-0.2, -0.15) is 0 Å². The molecular weight excluding hydrogens is 688 g/mol. The summed E-state index contributed by atoms with van der Waals surface area (Å²) in [4.78, 5) is 83.3. The number of methoxy groups -OCH3 is 1. The van der Waals surface area contributed by atoms with E-state index in [0.717, 1.165) is 19.4 Å². The third kappa shape index (κ3) is 12.4. The molecule has 16 nitrogen and oxygen atoms in total. The van der Waals surface area contributed by atoms with Crippen LogP contribution in [0.4, 0.5) is 4.79 Å². The molecule has 0 amide bonds. The van der Waals surface area contributed by atoms with Crippen LogP contribution in [0.25, 0.3) is 0 Å². The minimum atomic E-state index is -1.12. The van der Waals surface area contributed by atoms with Gasteiger partial charge in [-0.3, -0.25) is 24.0 Å². The van der Waals surface area contributed by atoms with Crippen molar-refractivity contribution in [2.75, 3.05) is 20.3 Å². The summed E-state index contributed by atoms with van der Waals surface area (Å²) in [5.41, 5.74) is 2.87. The summed E-state index contributed by atoms with van der Waals surface area (Å²) in [6, 6.07) is 5.94. The first kappa shape index (κ1) is 40.5. The van der Waals surface area contributed by atoms with Gasteiger partial charge in [0.25, 0.3) is 0 Å². The molecule has 16 heteroatoms. The highest BCUT2D eigenvalue weighted by Gasteiger charge is 2.34. The first-order valence-corrected chi connectivity index (χ1v) is 16.1. The molecule has 0 saturated carbocycles. The number of hydrogen-bond acceptors (Lipinski definition) is 15. The second-order valence-corrected chi connectivity index (χ2v) is 11.5. The molecule has 0 radical (unpaired) electrons. The number of esters is 5. The van der Waals surface area contributed by atoms with Crippen molar-refractivity contribution in [1.29, 1.82) is 0 Å². The number of carboxylic acid groups (broad SMARTS) is 1. The van der Waals surface area contributed by atoms with Gasteiger partial charge in [0.2, 0.25) is 0 Å². The van der Waals surface area contributed by atoms with Crippen molar-refractivity contribution in [1.82, 2.24) is 0 Å². The fraction of sp³-hybridized carbons (Fsp3) is 0.417. The lowest BCUT2D eigenvalue weighted by Crippen LogP contribution is -2.30. The lowest BCUT2D eigenvalue weighted by molar-refractivity contribution is -0.165. The van der Waals surface area contributed by atoms with E-state index >= 15 is 0 Å². The van der Waals surface area contributed by atoms with Crippen LogP contribution in [-0.4, -0.2) is 73.5 Å². The third-order valence-electron chi connectivity index (χ3n) is 7.49. The first-order valence-electron chi connectivity index (χ1n) is 16.1. The van der Waals surface area contributed by atoms with Crippen LogP contribution in [0.2, 0.25) is 0 Å². The number of carbonyl (C=O) groups excluding carboxylic acids is 6. The quantitative estimate of drug-likeness (QED) is 0.0737. The van der Waals surface area contributed by atoms with Crippen molar-refractivity contribution in [2.24, 2.45) is 0 Å². The zero-order valence-electron chi connectivity index (χ0n) is 29.4. The Kier molecular flexibility index (Phi) is 15.2. The van der Waals surface area contributed by atoms with Crippen LogP contribution < -0.4 is 14.2 Å². The van der Waals surface area contributed by atoms with Crippen LogP contribution in [0.15, 0.2) is 35.9 Å². The van der Waals surface area contributed by atoms with E-state index in [4.69, 9.17) is 43.0 Å². The summed E-state index contributed by atoms with van der Waals surface area (Å²) < 4.78 is 41.7. The van der Waals surface area contributed by atoms with Gasteiger partial charge in [-0.15, -0.1) is 0 Å². The van der Waals surface area contributed by atoms with Crippen LogP contribution >= 0.6 is 0 Å². The second kappa shape index (κ2) is 19.5. The predicted molar refractivity (Wildman–Crippen MR) is 176 cm³/mol. The second-order valence-electron chi connectivity index (χ2n) is 11.5. The Hall–Kier alpha value is -5.93. The number of benzene rings is 2. The molecule has 2 aromatic carbocycles. The molecule has 0 spiro atoms. The fourth-order valence-corrected chi connectivity index (χ4v) is 4.88. The molecule has 0 fully saturated rings. The molecule has 1 N–H and O–H groups in total. The maximum Gasteiger partial charge on any atom is 0.514 e. The largest absolute Gasteiger partial charge is 0.514 e. The van der Waals surface area contributed by atoms with E-state index in [2.05, 4.69) is 0 Å². The highest BCUT2D eigenvalue weighted by atomic mass is 16.7. The third-order valence-corrected chi connectivity index (χ3v) is 7.49. The highest BCUT2D eigenvalue weighted by Crippen LogP contribution is 2.43. The SMILES string of the molecule is COc1c(C)c2c(c(OC(=O)OCc3ccc(OC(=O)CCC(=O)OC(COC(C)=O)COC(C)=O)cc3)c1C/C=C(\C)CCC(=O)O)C(=O)OC2. The Balaban J connectivity index is 1.59. The summed E-state index contributed by atoms with van der Waals surface area (Å²) in [6.07, 6.45) is -0.709. The first-order chi connectivity index (χ1) is 24.7. The number of carboxylic acids is 1. The number of hydrogen-bond donors (Lipinski definition) is 1. The topological polar surface area (TPSA) is 214 Å². The van der Waals surface area contributed by atoms with Crippen molar-refractivity contribution in [2.45, 2.75) is 79.1 Å². The van der Waals surface area contributed by atoms with Crippen molar-refractivity contribution in [3.05, 3.63) is 63.7 Å². The minimum Gasteiger partial charge on any atom is -0.496 e. The van der Waals surface area contributed by atoms with E-state index in [1.54, 1.807) is 19.9 Å². The van der Waals surface area contributed by atoms with Gasteiger partial charge in [-0.05, 0) is 49.9 Å². The zero-order chi connectivity index (χ0) is 38.4. The van der Waals surface area contributed by atoms with Gasteiger partial charge in [0.05, 0.1) is 20.0 Å². The summed E-state index contributed by atoms with van der Waals surface area (Å²) in [7, 11) is 1.44. The number of carbonyl (C=O) groups is 7. The molecule has 0 bridgehead atoms. The number of rotatable bonds is 18. The Bertz CT molecular complexity index is 1690. The maximum absolute atomic E-state index is 12.9. The van der Waals surface area contributed by atoms with E-state index in [-0.39, 0.29) is 69.2 Å². The van der Waals surface area contributed by atoms with Crippen molar-refractivity contribution in [3.63, 3.8) is 0 Å². The Morgan fingerprint density at radius 1 is 0.846 bits per heavy atom. The zero-order valence-corrected chi connectivity index (χ0v) is 29.4. The Morgan fingerprint density at radius 2 is 1.48 bits per heavy atom. The number of cyclic esters (lactones) is 1. The van der Waals surface area contributed by atoms with E-state index in [1.165, 1.54) is 31.4 Å². The number of ether oxygens (including phenoxy) is 8. The molecule has 52 heavy (non-hydrogen) atoms. The van der Waals surface area contributed by atoms with Crippen molar-refractivity contribution in [3.8, 4) is 17.2 Å². The molecule has 2 aromatic rings. The molecule has 0 aromatic heterocycles. The van der Waals surface area contributed by atoms with Gasteiger partial charge in [-0.25, -0.2) is 9.59 Å². The molecule has 0 saturated heterocycles. The molecule has 1 heterocycles. The van der Waals surface area contributed by atoms with Crippen LogP contribution in [0.5, 0.6) is 17.2 Å². The van der Waals surface area contributed by atoms with E-state index in [0.29, 0.717) is 34.4 Å². The molecule has 1 aliphatic heterocycles. The standard InChI is InChI=1S/C36H40O16/c1-20(7-13-29(39)40)6-12-27-33(45-5)21(2)28-19-48-35(43)32(28)34(27)52-36(44)49-16-24-8-10-25(11-9-24)50-30(41)14-15-31(42)51-26(17-46-22(3)37)18-47-23(4)38/h6,8-11,26H,7,12-19H2,1-5H3,(H,39,40)/b20-6+. The average Bonchev–Trinajstić information content (AvgIpc) is 3.49. The molecule has 0 unspecified atom stereocenters. The molecule has 3 rings (SSSR count). The number of fused-ring (bicyclic) bond motifs is 1. The molecule has 0 aliphatic carbocycles. The van der Waals surface area contributed by atoms with Crippen molar-refractivity contribution >= 4 is 42.0 Å². The average molecular weight is 729 g/mol. The van der Waals surface area contributed by atoms with E-state index in [1.807, 2.05) is 0 Å². The van der Waals surface area contributed by atoms with Crippen LogP contribution in [0, 0.1) is 6.92 Å². The minimum absolute atomic E-state index is 0.0354. The smallest absolute Gasteiger partial charge is 0.496 e. The van der Waals surface area contributed by atoms with Gasteiger partial charge >= 0.3 is 42.0 Å². The van der Waals surface area contributed by atoms with Gasteiger partial charge < -0.3 is 43.0 Å². The highest BCUT2D eigenvalue weighted by molar-refractivity contribution is 5.99. The number of allylic oxidation sites excluding steroid dienone is 2. The lowest BCUT2D eigenvalue weighted by atomic mass is 9.94.